The Morgan fingerprint density at radius 3 is 2.47 bits per heavy atom. The lowest BCUT2D eigenvalue weighted by atomic mass is 10.2. The van der Waals surface area contributed by atoms with Gasteiger partial charge in [0, 0.05) is 25.7 Å². The van der Waals surface area contributed by atoms with Gasteiger partial charge in [-0.2, -0.15) is 0 Å². The Morgan fingerprint density at radius 2 is 1.94 bits per heavy atom. The summed E-state index contributed by atoms with van der Waals surface area (Å²) in [4.78, 5) is 24.0. The summed E-state index contributed by atoms with van der Waals surface area (Å²) in [6.45, 7) is 1.43. The number of carbonyl (C=O) groups is 2. The molecule has 4 heteroatoms. The predicted molar refractivity (Wildman–Crippen MR) is 63.7 cm³/mol. The molecule has 2 aliphatic heterocycles. The molecule has 0 spiro atoms. The molecule has 0 bridgehead atoms. The summed E-state index contributed by atoms with van der Waals surface area (Å²) in [5, 5.41) is 0. The van der Waals surface area contributed by atoms with Gasteiger partial charge in [0.25, 0.3) is 0 Å². The third-order valence-electron chi connectivity index (χ3n) is 3.72. The van der Waals surface area contributed by atoms with Gasteiger partial charge in [0.05, 0.1) is 27.2 Å². The topological polar surface area (TPSA) is 37.4 Å². The molecule has 17 heavy (non-hydrogen) atoms. The Kier molecular flexibility index (Phi) is 3.21. The van der Waals surface area contributed by atoms with Crippen LogP contribution in [0.1, 0.15) is 25.7 Å². The smallest absolute Gasteiger partial charge is 0.230 e. The highest BCUT2D eigenvalue weighted by atomic mass is 16.2. The molecule has 0 N–H and O–H groups in total. The van der Waals surface area contributed by atoms with Gasteiger partial charge in [-0.25, -0.2) is 0 Å². The van der Waals surface area contributed by atoms with E-state index < -0.39 is 0 Å². The maximum atomic E-state index is 11.4. The van der Waals surface area contributed by atoms with Crippen molar-refractivity contribution in [3.63, 3.8) is 0 Å². The largest absolute Gasteiger partial charge is 0.316 e. The number of carbonyl (C=O) groups excluding carboxylic acids is 2. The molecule has 0 unspecified atom stereocenters. The average molecular weight is 235 g/mol. The highest BCUT2D eigenvalue weighted by molar-refractivity contribution is 6.02. The molecule has 0 radical (unpaired) electrons. The fourth-order valence-corrected chi connectivity index (χ4v) is 2.49. The normalized spacial score (nSPS) is 27.2. The van der Waals surface area contributed by atoms with E-state index in [0.717, 1.165) is 17.4 Å². The Bertz CT molecular complexity index is 387. The van der Waals surface area contributed by atoms with E-state index in [9.17, 15) is 9.59 Å². The zero-order valence-electron chi connectivity index (χ0n) is 10.5. The number of likely N-dealkylation sites (tertiary alicyclic amines) is 2. The first-order chi connectivity index (χ1) is 8.00. The van der Waals surface area contributed by atoms with Crippen molar-refractivity contribution in [1.82, 2.24) is 4.90 Å². The summed E-state index contributed by atoms with van der Waals surface area (Å²) < 4.78 is 0.925. The number of nitrogens with zero attached hydrogens (tertiary/aromatic N) is 2. The maximum absolute atomic E-state index is 11.4. The van der Waals surface area contributed by atoms with Crippen molar-refractivity contribution >= 4 is 11.8 Å². The number of imide groups is 1. The van der Waals surface area contributed by atoms with Crippen LogP contribution in [-0.4, -0.2) is 54.4 Å². The molecule has 1 atom stereocenters. The first-order valence-corrected chi connectivity index (χ1v) is 6.15. The van der Waals surface area contributed by atoms with Gasteiger partial charge in [-0.05, 0) is 5.92 Å². The van der Waals surface area contributed by atoms with Crippen molar-refractivity contribution in [1.29, 1.82) is 0 Å². The number of hydrogen-bond acceptors (Lipinski definition) is 2. The third-order valence-corrected chi connectivity index (χ3v) is 3.72. The second-order valence-electron chi connectivity index (χ2n) is 5.36. The van der Waals surface area contributed by atoms with Gasteiger partial charge in [-0.3, -0.25) is 14.5 Å². The molecular weight excluding hydrogens is 216 g/mol. The Morgan fingerprint density at radius 1 is 1.29 bits per heavy atom. The first kappa shape index (κ1) is 12.1. The van der Waals surface area contributed by atoms with Gasteiger partial charge >= 0.3 is 0 Å². The van der Waals surface area contributed by atoms with Crippen LogP contribution in [-0.2, 0) is 9.59 Å². The van der Waals surface area contributed by atoms with Crippen LogP contribution in [0, 0.1) is 11.8 Å². The Balaban J connectivity index is 1.94. The minimum atomic E-state index is -0.0792. The highest BCUT2D eigenvalue weighted by Crippen LogP contribution is 2.21. The van der Waals surface area contributed by atoms with Crippen LogP contribution in [0.3, 0.4) is 0 Å². The van der Waals surface area contributed by atoms with E-state index >= 15 is 0 Å². The van der Waals surface area contributed by atoms with Gasteiger partial charge in [0.2, 0.25) is 11.8 Å². The zero-order valence-corrected chi connectivity index (χ0v) is 10.5. The fraction of sp³-hybridized carbons (Fsp3) is 0.692. The molecule has 4 nitrogen and oxygen atoms in total. The molecular formula is C13H19N2O2+. The summed E-state index contributed by atoms with van der Waals surface area (Å²) in [5.74, 6) is 6.06. The van der Waals surface area contributed by atoms with E-state index in [2.05, 4.69) is 25.9 Å². The minimum absolute atomic E-state index is 0.0792. The van der Waals surface area contributed by atoms with Crippen LogP contribution in [0.15, 0.2) is 0 Å². The van der Waals surface area contributed by atoms with E-state index in [1.807, 2.05) is 0 Å². The summed E-state index contributed by atoms with van der Waals surface area (Å²) in [6.07, 6.45) is 3.02. The van der Waals surface area contributed by atoms with E-state index in [1.165, 1.54) is 11.3 Å². The summed E-state index contributed by atoms with van der Waals surface area (Å²) in [7, 11) is 4.36. The molecule has 0 aliphatic carbocycles. The molecule has 2 heterocycles. The van der Waals surface area contributed by atoms with Crippen molar-refractivity contribution in [3.05, 3.63) is 0 Å². The molecule has 2 rings (SSSR count). The summed E-state index contributed by atoms with van der Waals surface area (Å²) >= 11 is 0. The van der Waals surface area contributed by atoms with Crippen molar-refractivity contribution < 1.29 is 14.1 Å². The summed E-state index contributed by atoms with van der Waals surface area (Å²) in [6, 6.07) is 0.350. The average Bonchev–Trinajstić information content (AvgIpc) is 2.74. The van der Waals surface area contributed by atoms with E-state index in [4.69, 9.17) is 0 Å². The second-order valence-corrected chi connectivity index (χ2v) is 5.36. The van der Waals surface area contributed by atoms with Crippen LogP contribution in [0.5, 0.6) is 0 Å². The fourth-order valence-electron chi connectivity index (χ4n) is 2.49. The van der Waals surface area contributed by atoms with E-state index in [0.29, 0.717) is 18.9 Å². The lowest BCUT2D eigenvalue weighted by Crippen LogP contribution is -2.43. The molecule has 2 fully saturated rings. The van der Waals surface area contributed by atoms with E-state index in [1.54, 1.807) is 0 Å². The molecule has 0 aromatic carbocycles. The Labute approximate surface area is 102 Å². The van der Waals surface area contributed by atoms with Crippen molar-refractivity contribution in [3.8, 4) is 11.8 Å². The molecule has 0 saturated carbocycles. The lowest BCUT2D eigenvalue weighted by Gasteiger charge is -2.28. The lowest BCUT2D eigenvalue weighted by molar-refractivity contribution is -0.894. The van der Waals surface area contributed by atoms with Crippen LogP contribution in [0.2, 0.25) is 0 Å². The zero-order chi connectivity index (χ0) is 12.5. The quantitative estimate of drug-likeness (QED) is 0.374. The number of quaternary nitrogens is 1. The number of rotatable bonds is 1. The van der Waals surface area contributed by atoms with E-state index in [-0.39, 0.29) is 18.4 Å². The van der Waals surface area contributed by atoms with Crippen molar-refractivity contribution in [2.75, 3.05) is 27.2 Å². The van der Waals surface area contributed by atoms with Gasteiger partial charge in [0.1, 0.15) is 0 Å². The predicted octanol–water partition coefficient (Wildman–Crippen LogP) is 0.378. The SMILES string of the molecule is C[N+]1(C)CCC[C@H]1C#CCN1C(=O)CCC1=O. The standard InChI is InChI=1S/C13H19N2O2/c1-15(2)10-4-6-11(15)5-3-9-14-12(16)7-8-13(14)17/h11H,4,6-10H2,1-2H3/q+1/t11-/m1/s1. The van der Waals surface area contributed by atoms with Gasteiger partial charge in [0.15, 0.2) is 6.04 Å². The van der Waals surface area contributed by atoms with Crippen LogP contribution < -0.4 is 0 Å². The Hall–Kier alpha value is -1.34. The van der Waals surface area contributed by atoms with Crippen LogP contribution in [0.4, 0.5) is 0 Å². The van der Waals surface area contributed by atoms with Gasteiger partial charge < -0.3 is 4.48 Å². The first-order valence-electron chi connectivity index (χ1n) is 6.15. The van der Waals surface area contributed by atoms with Crippen molar-refractivity contribution in [2.45, 2.75) is 31.7 Å². The van der Waals surface area contributed by atoms with Crippen LogP contribution >= 0.6 is 0 Å². The molecule has 0 aromatic heterocycles. The molecule has 2 amide bonds. The monoisotopic (exact) mass is 235 g/mol. The number of amides is 2. The van der Waals surface area contributed by atoms with Gasteiger partial charge in [-0.15, -0.1) is 0 Å². The third kappa shape index (κ3) is 2.50. The molecule has 92 valence electrons. The van der Waals surface area contributed by atoms with Crippen LogP contribution in [0.25, 0.3) is 0 Å². The molecule has 2 saturated heterocycles. The van der Waals surface area contributed by atoms with Crippen molar-refractivity contribution in [2.24, 2.45) is 0 Å². The number of hydrogen-bond donors (Lipinski definition) is 0. The minimum Gasteiger partial charge on any atom is -0.316 e. The summed E-state index contributed by atoms with van der Waals surface area (Å²) in [5.41, 5.74) is 0. The maximum Gasteiger partial charge on any atom is 0.230 e. The van der Waals surface area contributed by atoms with Gasteiger partial charge in [-0.1, -0.05) is 5.92 Å². The molecule has 0 aromatic rings. The highest BCUT2D eigenvalue weighted by Gasteiger charge is 2.32. The second kappa shape index (κ2) is 4.50. The molecule has 2 aliphatic rings.